The van der Waals surface area contributed by atoms with Gasteiger partial charge in [0.1, 0.15) is 23.7 Å². The van der Waals surface area contributed by atoms with E-state index in [1.807, 2.05) is 29.8 Å². The first-order chi connectivity index (χ1) is 18.9. The average molecular weight is 533 g/mol. The molecule has 1 unspecified atom stereocenters. The number of ether oxygens (including phenoxy) is 2. The number of aryl methyl sites for hydroxylation is 1. The molecule has 2 aromatic carbocycles. The number of benzene rings is 2. The molecule has 6 rings (SSSR count). The van der Waals surface area contributed by atoms with E-state index in [0.717, 1.165) is 53.1 Å². The molecule has 2 saturated heterocycles. The topological polar surface area (TPSA) is 81.3 Å². The molecule has 1 atom stereocenters. The quantitative estimate of drug-likeness (QED) is 0.523. The Kier molecular flexibility index (Phi) is 6.64. The van der Waals surface area contributed by atoms with Crippen LogP contribution in [-0.4, -0.2) is 65.5 Å². The molecular weight excluding hydrogens is 499 g/mol. The molecule has 1 N–H and O–H groups in total. The summed E-state index contributed by atoms with van der Waals surface area (Å²) in [5.74, 6) is 1.11. The number of hydrogen-bond acceptors (Lipinski definition) is 7. The van der Waals surface area contributed by atoms with Crippen molar-refractivity contribution in [3.63, 3.8) is 0 Å². The number of aromatic nitrogens is 2. The molecule has 39 heavy (non-hydrogen) atoms. The lowest BCUT2D eigenvalue weighted by atomic mass is 9.69. The van der Waals surface area contributed by atoms with Gasteiger partial charge < -0.3 is 28.9 Å². The smallest absolute Gasteiger partial charge is 0.172 e. The van der Waals surface area contributed by atoms with Crippen molar-refractivity contribution in [3.05, 3.63) is 83.2 Å². The summed E-state index contributed by atoms with van der Waals surface area (Å²) in [7, 11) is 1.66. The van der Waals surface area contributed by atoms with E-state index >= 15 is 0 Å². The van der Waals surface area contributed by atoms with Gasteiger partial charge in [0.05, 0.1) is 31.4 Å². The summed E-state index contributed by atoms with van der Waals surface area (Å²) in [4.78, 5) is 12.3. The predicted molar refractivity (Wildman–Crippen MR) is 145 cm³/mol. The van der Waals surface area contributed by atoms with Gasteiger partial charge in [-0.3, -0.25) is 0 Å². The number of amidine groups is 1. The molecule has 0 aliphatic carbocycles. The van der Waals surface area contributed by atoms with Crippen molar-refractivity contribution < 1.29 is 23.8 Å². The van der Waals surface area contributed by atoms with Crippen LogP contribution in [0.25, 0.3) is 11.8 Å². The molecule has 3 aliphatic heterocycles. The van der Waals surface area contributed by atoms with Gasteiger partial charge in [0, 0.05) is 26.0 Å². The fraction of sp³-hybridized carbons (Fsp3) is 0.400. The van der Waals surface area contributed by atoms with Crippen molar-refractivity contribution in [2.24, 2.45) is 10.6 Å². The van der Waals surface area contributed by atoms with Crippen LogP contribution in [0, 0.1) is 18.2 Å². The fourth-order valence-electron chi connectivity index (χ4n) is 6.09. The van der Waals surface area contributed by atoms with Crippen LogP contribution < -0.4 is 4.74 Å². The Hall–Kier alpha value is -3.69. The number of aliphatic hydroxyl groups excluding tert-OH is 1. The number of methoxy groups -OCH3 is 1. The van der Waals surface area contributed by atoms with E-state index in [1.54, 1.807) is 25.6 Å². The Morgan fingerprint density at radius 3 is 2.64 bits per heavy atom. The van der Waals surface area contributed by atoms with Crippen molar-refractivity contribution in [1.82, 2.24) is 14.5 Å². The Morgan fingerprint density at radius 2 is 1.95 bits per heavy atom. The summed E-state index contributed by atoms with van der Waals surface area (Å²) in [6.07, 6.45) is 8.49. The number of fused-ring (bicyclic) bond motifs is 1. The zero-order chi connectivity index (χ0) is 27.0. The number of oxime groups is 1. The van der Waals surface area contributed by atoms with Gasteiger partial charge in [-0.2, -0.15) is 0 Å². The molecule has 1 aromatic heterocycles. The molecule has 8 nitrogen and oxygen atoms in total. The molecule has 9 heteroatoms. The summed E-state index contributed by atoms with van der Waals surface area (Å²) < 4.78 is 27.3. The minimum Gasteiger partial charge on any atom is -0.495 e. The van der Waals surface area contributed by atoms with E-state index in [-0.39, 0.29) is 24.4 Å². The summed E-state index contributed by atoms with van der Waals surface area (Å²) in [5.41, 5.74) is 3.70. The second-order valence-electron chi connectivity index (χ2n) is 10.8. The van der Waals surface area contributed by atoms with Gasteiger partial charge in [-0.15, -0.1) is 0 Å². The van der Waals surface area contributed by atoms with Crippen LogP contribution in [0.3, 0.4) is 0 Å². The van der Waals surface area contributed by atoms with Crippen LogP contribution in [0.4, 0.5) is 4.39 Å². The summed E-state index contributed by atoms with van der Waals surface area (Å²) in [6.45, 7) is 4.03. The Labute approximate surface area is 227 Å². The minimum absolute atomic E-state index is 0.0424. The average Bonchev–Trinajstić information content (AvgIpc) is 3.39. The molecule has 3 aliphatic rings. The van der Waals surface area contributed by atoms with E-state index in [1.165, 1.54) is 12.1 Å². The molecule has 0 bridgehead atoms. The lowest BCUT2D eigenvalue weighted by molar-refractivity contribution is -0.0733. The Balaban J connectivity index is 1.43. The lowest BCUT2D eigenvalue weighted by Gasteiger charge is -2.55. The van der Waals surface area contributed by atoms with Crippen LogP contribution >= 0.6 is 0 Å². The van der Waals surface area contributed by atoms with Gasteiger partial charge in [0.25, 0.3) is 0 Å². The third-order valence-electron chi connectivity index (χ3n) is 8.30. The third kappa shape index (κ3) is 4.59. The number of aliphatic hydroxyl groups is 1. The molecule has 1 spiro atoms. The van der Waals surface area contributed by atoms with Gasteiger partial charge in [-0.05, 0) is 78.6 Å². The van der Waals surface area contributed by atoms with E-state index in [9.17, 15) is 9.50 Å². The van der Waals surface area contributed by atoms with E-state index in [2.05, 4.69) is 27.2 Å². The monoisotopic (exact) mass is 532 g/mol. The number of hydrogen-bond donors (Lipinski definition) is 1. The minimum atomic E-state index is -0.879. The van der Waals surface area contributed by atoms with Crippen LogP contribution in [0.2, 0.25) is 0 Å². The van der Waals surface area contributed by atoms with Crippen molar-refractivity contribution in [1.29, 1.82) is 0 Å². The highest BCUT2D eigenvalue weighted by Crippen LogP contribution is 2.48. The standard InChI is InChI=1S/C30H33FN4O4/c1-21-16-34(20-32-21)26-8-3-22(14-27(26)37-2)13-23-15-29(9-11-38-12-10-29)17-35-28(23)33-39-19-30(35,18-36)24-4-6-25(31)7-5-24/h3-8,13-14,16,20,36H,9-12,15,17-19H2,1-2H3. The maximum absolute atomic E-state index is 13.8. The zero-order valence-corrected chi connectivity index (χ0v) is 22.3. The molecule has 204 valence electrons. The summed E-state index contributed by atoms with van der Waals surface area (Å²) >= 11 is 0. The van der Waals surface area contributed by atoms with E-state index in [0.29, 0.717) is 25.6 Å². The largest absolute Gasteiger partial charge is 0.495 e. The van der Waals surface area contributed by atoms with Crippen molar-refractivity contribution >= 4 is 11.9 Å². The molecular formula is C30H33FN4O4. The second-order valence-corrected chi connectivity index (χ2v) is 10.8. The highest BCUT2D eigenvalue weighted by atomic mass is 19.1. The summed E-state index contributed by atoms with van der Waals surface area (Å²) in [5, 5.41) is 15.4. The van der Waals surface area contributed by atoms with Crippen LogP contribution in [0.1, 0.15) is 36.1 Å². The van der Waals surface area contributed by atoms with Gasteiger partial charge in [-0.1, -0.05) is 23.4 Å². The summed E-state index contributed by atoms with van der Waals surface area (Å²) in [6, 6.07) is 12.4. The van der Waals surface area contributed by atoms with Crippen LogP contribution in [0.15, 0.2) is 65.7 Å². The van der Waals surface area contributed by atoms with Gasteiger partial charge in [0.15, 0.2) is 5.84 Å². The highest BCUT2D eigenvalue weighted by Gasteiger charge is 2.52. The number of nitrogens with zero attached hydrogens (tertiary/aromatic N) is 4. The molecule has 0 saturated carbocycles. The first-order valence-corrected chi connectivity index (χ1v) is 13.3. The van der Waals surface area contributed by atoms with Gasteiger partial charge >= 0.3 is 0 Å². The Morgan fingerprint density at radius 1 is 1.15 bits per heavy atom. The first kappa shape index (κ1) is 25.6. The first-order valence-electron chi connectivity index (χ1n) is 13.3. The number of imidazole rings is 1. The van der Waals surface area contributed by atoms with Crippen molar-refractivity contribution in [3.8, 4) is 11.4 Å². The fourth-order valence-corrected chi connectivity index (χ4v) is 6.09. The molecule has 0 amide bonds. The Bertz CT molecular complexity index is 1410. The SMILES string of the molecule is COc1cc(C=C2CC3(CCOCC3)CN3C2=NOCC3(CO)c2ccc(F)cc2)ccc1-n1cnc(C)c1. The molecule has 2 fully saturated rings. The maximum Gasteiger partial charge on any atom is 0.172 e. The molecule has 3 aromatic rings. The van der Waals surface area contributed by atoms with Crippen molar-refractivity contribution in [2.45, 2.75) is 31.7 Å². The maximum atomic E-state index is 13.8. The van der Waals surface area contributed by atoms with Crippen LogP contribution in [-0.2, 0) is 15.1 Å². The normalized spacial score (nSPS) is 23.3. The zero-order valence-electron chi connectivity index (χ0n) is 22.3. The number of piperidine rings is 1. The van der Waals surface area contributed by atoms with Crippen molar-refractivity contribution in [2.75, 3.05) is 40.1 Å². The van der Waals surface area contributed by atoms with E-state index in [4.69, 9.17) is 14.3 Å². The van der Waals surface area contributed by atoms with Crippen LogP contribution in [0.5, 0.6) is 5.75 Å². The molecule has 4 heterocycles. The van der Waals surface area contributed by atoms with Gasteiger partial charge in [0.2, 0.25) is 0 Å². The van der Waals surface area contributed by atoms with Gasteiger partial charge in [-0.25, -0.2) is 9.37 Å². The second kappa shape index (κ2) is 10.1. The molecule has 0 radical (unpaired) electrons. The van der Waals surface area contributed by atoms with E-state index < -0.39 is 5.54 Å². The lowest BCUT2D eigenvalue weighted by Crippen LogP contribution is -2.63. The number of rotatable bonds is 5. The third-order valence-corrected chi connectivity index (χ3v) is 8.30. The highest BCUT2D eigenvalue weighted by molar-refractivity contribution is 6.03. The predicted octanol–water partition coefficient (Wildman–Crippen LogP) is 4.45. The number of halogens is 1.